The third-order valence-electron chi connectivity index (χ3n) is 3.29. The van der Waals surface area contributed by atoms with Crippen LogP contribution in [0.1, 0.15) is 30.6 Å². The highest BCUT2D eigenvalue weighted by Crippen LogP contribution is 2.25. The number of aryl methyl sites for hydroxylation is 1. The lowest BCUT2D eigenvalue weighted by molar-refractivity contribution is 0.113. The van der Waals surface area contributed by atoms with Gasteiger partial charge in [0, 0.05) is 12.4 Å². The van der Waals surface area contributed by atoms with Gasteiger partial charge in [-0.2, -0.15) is 0 Å². The molecule has 0 aliphatic carbocycles. The molecule has 1 N–H and O–H groups in total. The Kier molecular flexibility index (Phi) is 4.48. The molecule has 1 aromatic heterocycles. The molecule has 0 spiro atoms. The SMILES string of the molecule is CC(CCc1cccnc1)C(O)c1ccccc1. The normalized spacial score (nSPS) is 14.1. The van der Waals surface area contributed by atoms with E-state index in [-0.39, 0.29) is 12.0 Å². The van der Waals surface area contributed by atoms with Crippen molar-refractivity contribution < 1.29 is 5.11 Å². The molecule has 2 unspecified atom stereocenters. The molecular weight excluding hydrogens is 222 g/mol. The van der Waals surface area contributed by atoms with Crippen molar-refractivity contribution in [2.45, 2.75) is 25.9 Å². The zero-order valence-corrected chi connectivity index (χ0v) is 10.7. The van der Waals surface area contributed by atoms with Crippen LogP contribution in [0.25, 0.3) is 0 Å². The molecule has 0 aliphatic heterocycles. The smallest absolute Gasteiger partial charge is 0.0815 e. The topological polar surface area (TPSA) is 33.1 Å². The van der Waals surface area contributed by atoms with E-state index in [1.165, 1.54) is 5.56 Å². The largest absolute Gasteiger partial charge is 0.388 e. The number of aromatic nitrogens is 1. The van der Waals surface area contributed by atoms with Crippen molar-refractivity contribution in [2.24, 2.45) is 5.92 Å². The Morgan fingerprint density at radius 1 is 1.11 bits per heavy atom. The van der Waals surface area contributed by atoms with Gasteiger partial charge in [-0.05, 0) is 36.0 Å². The van der Waals surface area contributed by atoms with Crippen molar-refractivity contribution >= 4 is 0 Å². The average molecular weight is 241 g/mol. The third kappa shape index (κ3) is 3.41. The van der Waals surface area contributed by atoms with Gasteiger partial charge in [0.2, 0.25) is 0 Å². The monoisotopic (exact) mass is 241 g/mol. The van der Waals surface area contributed by atoms with Crippen LogP contribution in [0.3, 0.4) is 0 Å². The van der Waals surface area contributed by atoms with Crippen molar-refractivity contribution in [2.75, 3.05) is 0 Å². The van der Waals surface area contributed by atoms with E-state index in [1.807, 2.05) is 42.6 Å². The van der Waals surface area contributed by atoms with Gasteiger partial charge in [0.1, 0.15) is 0 Å². The van der Waals surface area contributed by atoms with Crippen molar-refractivity contribution in [1.29, 1.82) is 0 Å². The Labute approximate surface area is 108 Å². The number of pyridine rings is 1. The fourth-order valence-electron chi connectivity index (χ4n) is 2.08. The van der Waals surface area contributed by atoms with E-state index in [9.17, 15) is 5.11 Å². The average Bonchev–Trinajstić information content (AvgIpc) is 2.46. The molecule has 0 fully saturated rings. The number of hydrogen-bond donors (Lipinski definition) is 1. The molecule has 0 bridgehead atoms. The van der Waals surface area contributed by atoms with Crippen LogP contribution in [0.15, 0.2) is 54.9 Å². The second-order valence-electron chi connectivity index (χ2n) is 4.73. The summed E-state index contributed by atoms with van der Waals surface area (Å²) >= 11 is 0. The van der Waals surface area contributed by atoms with Crippen LogP contribution in [0, 0.1) is 5.92 Å². The summed E-state index contributed by atoms with van der Waals surface area (Å²) in [6, 6.07) is 13.9. The molecule has 0 saturated heterocycles. The molecule has 0 aliphatic rings. The maximum absolute atomic E-state index is 10.3. The molecule has 2 heteroatoms. The first kappa shape index (κ1) is 12.8. The van der Waals surface area contributed by atoms with Gasteiger partial charge < -0.3 is 5.11 Å². The Bertz CT molecular complexity index is 455. The molecular formula is C16H19NO. The first-order chi connectivity index (χ1) is 8.77. The molecule has 2 aromatic rings. The van der Waals surface area contributed by atoms with E-state index in [0.29, 0.717) is 0 Å². The van der Waals surface area contributed by atoms with E-state index < -0.39 is 0 Å². The van der Waals surface area contributed by atoms with E-state index in [0.717, 1.165) is 18.4 Å². The minimum absolute atomic E-state index is 0.243. The minimum Gasteiger partial charge on any atom is -0.388 e. The van der Waals surface area contributed by atoms with Gasteiger partial charge in [-0.15, -0.1) is 0 Å². The van der Waals surface area contributed by atoms with E-state index >= 15 is 0 Å². The third-order valence-corrected chi connectivity index (χ3v) is 3.29. The van der Waals surface area contributed by atoms with E-state index in [4.69, 9.17) is 0 Å². The number of rotatable bonds is 5. The van der Waals surface area contributed by atoms with Gasteiger partial charge >= 0.3 is 0 Å². The Morgan fingerprint density at radius 2 is 1.89 bits per heavy atom. The number of nitrogens with zero attached hydrogens (tertiary/aromatic N) is 1. The standard InChI is InChI=1S/C16H19NO/c1-13(9-10-14-6-5-11-17-12-14)16(18)15-7-3-2-4-8-15/h2-8,11-13,16,18H,9-10H2,1H3. The molecule has 0 radical (unpaired) electrons. The lowest BCUT2D eigenvalue weighted by Crippen LogP contribution is -2.10. The Hall–Kier alpha value is -1.67. The summed E-state index contributed by atoms with van der Waals surface area (Å²) in [7, 11) is 0. The van der Waals surface area contributed by atoms with Crippen LogP contribution >= 0.6 is 0 Å². The summed E-state index contributed by atoms with van der Waals surface area (Å²) in [6.45, 7) is 2.09. The van der Waals surface area contributed by atoms with Gasteiger partial charge in [-0.3, -0.25) is 4.98 Å². The van der Waals surface area contributed by atoms with Crippen LogP contribution in [0.4, 0.5) is 0 Å². The summed E-state index contributed by atoms with van der Waals surface area (Å²) < 4.78 is 0. The second-order valence-corrected chi connectivity index (χ2v) is 4.73. The lowest BCUT2D eigenvalue weighted by Gasteiger charge is -2.19. The van der Waals surface area contributed by atoms with Crippen LogP contribution in [-0.2, 0) is 6.42 Å². The molecule has 2 rings (SSSR count). The Morgan fingerprint density at radius 3 is 2.56 bits per heavy atom. The maximum atomic E-state index is 10.3. The fraction of sp³-hybridized carbons (Fsp3) is 0.312. The highest BCUT2D eigenvalue weighted by molar-refractivity contribution is 5.18. The van der Waals surface area contributed by atoms with E-state index in [1.54, 1.807) is 6.20 Å². The van der Waals surface area contributed by atoms with Crippen molar-refractivity contribution in [3.63, 3.8) is 0 Å². The predicted octanol–water partition coefficient (Wildman–Crippen LogP) is 3.38. The van der Waals surface area contributed by atoms with Crippen LogP contribution in [0.2, 0.25) is 0 Å². The van der Waals surface area contributed by atoms with Gasteiger partial charge in [0.05, 0.1) is 6.10 Å². The van der Waals surface area contributed by atoms with Crippen LogP contribution < -0.4 is 0 Å². The fourth-order valence-corrected chi connectivity index (χ4v) is 2.08. The molecule has 2 nitrogen and oxygen atoms in total. The lowest BCUT2D eigenvalue weighted by atomic mass is 9.92. The number of benzene rings is 1. The number of hydrogen-bond acceptors (Lipinski definition) is 2. The first-order valence-corrected chi connectivity index (χ1v) is 6.39. The molecule has 2 atom stereocenters. The van der Waals surface area contributed by atoms with Crippen molar-refractivity contribution in [3.8, 4) is 0 Å². The number of aliphatic hydroxyl groups is 1. The van der Waals surface area contributed by atoms with E-state index in [2.05, 4.69) is 18.0 Å². The first-order valence-electron chi connectivity index (χ1n) is 6.39. The predicted molar refractivity (Wildman–Crippen MR) is 73.1 cm³/mol. The molecule has 0 saturated carbocycles. The van der Waals surface area contributed by atoms with Crippen LogP contribution in [-0.4, -0.2) is 10.1 Å². The summed E-state index contributed by atoms with van der Waals surface area (Å²) in [6.07, 6.45) is 5.21. The van der Waals surface area contributed by atoms with Gasteiger partial charge in [0.15, 0.2) is 0 Å². The summed E-state index contributed by atoms with van der Waals surface area (Å²) in [5, 5.41) is 10.3. The summed E-state index contributed by atoms with van der Waals surface area (Å²) in [4.78, 5) is 4.10. The minimum atomic E-state index is -0.386. The summed E-state index contributed by atoms with van der Waals surface area (Å²) in [5.41, 5.74) is 2.22. The quantitative estimate of drug-likeness (QED) is 0.870. The van der Waals surface area contributed by atoms with Crippen LogP contribution in [0.5, 0.6) is 0 Å². The molecule has 1 aromatic carbocycles. The van der Waals surface area contributed by atoms with Gasteiger partial charge in [0.25, 0.3) is 0 Å². The second kappa shape index (κ2) is 6.31. The van der Waals surface area contributed by atoms with Gasteiger partial charge in [-0.25, -0.2) is 0 Å². The molecule has 18 heavy (non-hydrogen) atoms. The zero-order chi connectivity index (χ0) is 12.8. The van der Waals surface area contributed by atoms with Crippen molar-refractivity contribution in [1.82, 2.24) is 4.98 Å². The Balaban J connectivity index is 1.90. The molecule has 1 heterocycles. The summed E-state index contributed by atoms with van der Waals surface area (Å²) in [5.74, 6) is 0.243. The maximum Gasteiger partial charge on any atom is 0.0815 e. The highest BCUT2D eigenvalue weighted by atomic mass is 16.3. The zero-order valence-electron chi connectivity index (χ0n) is 10.7. The number of aliphatic hydroxyl groups excluding tert-OH is 1. The molecule has 94 valence electrons. The highest BCUT2D eigenvalue weighted by Gasteiger charge is 2.15. The molecule has 0 amide bonds. The van der Waals surface area contributed by atoms with Crippen molar-refractivity contribution in [3.05, 3.63) is 66.0 Å². The van der Waals surface area contributed by atoms with Gasteiger partial charge in [-0.1, -0.05) is 43.3 Å².